The molecular weight excluding hydrogens is 294 g/mol. The van der Waals surface area contributed by atoms with Crippen LogP contribution in [0, 0.1) is 0 Å². The van der Waals surface area contributed by atoms with Gasteiger partial charge >= 0.3 is 0 Å². The third kappa shape index (κ3) is 6.01. The topological polar surface area (TPSA) is 94.3 Å². The predicted molar refractivity (Wildman–Crippen MR) is 86.2 cm³/mol. The van der Waals surface area contributed by atoms with Gasteiger partial charge < -0.3 is 15.8 Å². The summed E-state index contributed by atoms with van der Waals surface area (Å²) >= 11 is 0. The molecule has 0 saturated heterocycles. The first-order valence-corrected chi connectivity index (χ1v) is 6.99. The Labute approximate surface area is 134 Å². The van der Waals surface area contributed by atoms with Gasteiger partial charge in [-0.15, -0.1) is 0 Å². The number of aromatic nitrogens is 1. The van der Waals surface area contributed by atoms with Crippen molar-refractivity contribution in [2.45, 2.75) is 6.54 Å². The van der Waals surface area contributed by atoms with E-state index in [1.165, 1.54) is 6.08 Å². The van der Waals surface area contributed by atoms with Gasteiger partial charge in [0.2, 0.25) is 5.91 Å². The molecule has 23 heavy (non-hydrogen) atoms. The second-order valence-corrected chi connectivity index (χ2v) is 4.74. The first-order chi connectivity index (χ1) is 11.1. The number of ether oxygens (including phenoxy) is 1. The fourth-order valence-corrected chi connectivity index (χ4v) is 1.75. The average molecular weight is 311 g/mol. The van der Waals surface area contributed by atoms with E-state index in [-0.39, 0.29) is 12.5 Å². The molecule has 1 aromatic carbocycles. The lowest BCUT2D eigenvalue weighted by Gasteiger charge is -2.03. The van der Waals surface area contributed by atoms with E-state index in [9.17, 15) is 9.59 Å². The summed E-state index contributed by atoms with van der Waals surface area (Å²) < 4.78 is 5.15. The quantitative estimate of drug-likeness (QED) is 0.753. The first-order valence-electron chi connectivity index (χ1n) is 6.99. The molecule has 0 aliphatic rings. The molecule has 0 aliphatic heterocycles. The molecule has 0 radical (unpaired) electrons. The molecule has 6 nitrogen and oxygen atoms in total. The van der Waals surface area contributed by atoms with Gasteiger partial charge in [-0.2, -0.15) is 0 Å². The molecular formula is C17H17N3O3. The normalized spacial score (nSPS) is 10.4. The zero-order valence-corrected chi connectivity index (χ0v) is 12.4. The van der Waals surface area contributed by atoms with E-state index in [2.05, 4.69) is 10.3 Å². The van der Waals surface area contributed by atoms with Crippen molar-refractivity contribution in [3.63, 3.8) is 0 Å². The maximum Gasteiger partial charge on any atom is 0.255 e. The predicted octanol–water partition coefficient (Wildman–Crippen LogP) is 1.28. The lowest BCUT2D eigenvalue weighted by molar-refractivity contribution is -0.120. The molecule has 2 amide bonds. The molecule has 0 unspecified atom stereocenters. The maximum absolute atomic E-state index is 11.7. The lowest BCUT2D eigenvalue weighted by Crippen LogP contribution is -2.20. The Balaban J connectivity index is 1.82. The van der Waals surface area contributed by atoms with E-state index < -0.39 is 5.91 Å². The van der Waals surface area contributed by atoms with Crippen LogP contribution in [0.1, 0.15) is 11.1 Å². The molecule has 2 rings (SSSR count). The molecule has 0 spiro atoms. The van der Waals surface area contributed by atoms with E-state index in [1.807, 2.05) is 12.1 Å². The standard InChI is InChI=1S/C17H17N3O3/c18-16(21)12-23-15-6-3-13(4-7-15)5-8-17(22)20-11-14-2-1-9-19-10-14/h1-10H,11-12H2,(H2,18,21)(H,20,22). The third-order valence-corrected chi connectivity index (χ3v) is 2.88. The number of primary amides is 1. The van der Waals surface area contributed by atoms with Crippen molar-refractivity contribution in [2.24, 2.45) is 5.73 Å². The molecule has 0 saturated carbocycles. The Morgan fingerprint density at radius 3 is 2.65 bits per heavy atom. The second-order valence-electron chi connectivity index (χ2n) is 4.74. The van der Waals surface area contributed by atoms with Gasteiger partial charge in [-0.25, -0.2) is 0 Å². The minimum atomic E-state index is -0.528. The average Bonchev–Trinajstić information content (AvgIpc) is 2.58. The smallest absolute Gasteiger partial charge is 0.255 e. The van der Waals surface area contributed by atoms with Gasteiger partial charge in [-0.3, -0.25) is 14.6 Å². The number of rotatable bonds is 7. The summed E-state index contributed by atoms with van der Waals surface area (Å²) in [6, 6.07) is 10.7. The van der Waals surface area contributed by atoms with Gasteiger partial charge in [0, 0.05) is 25.0 Å². The Kier molecular flexibility index (Phi) is 5.88. The van der Waals surface area contributed by atoms with Crippen molar-refractivity contribution in [1.29, 1.82) is 0 Å². The minimum Gasteiger partial charge on any atom is -0.484 e. The van der Waals surface area contributed by atoms with E-state index >= 15 is 0 Å². The third-order valence-electron chi connectivity index (χ3n) is 2.88. The Bertz CT molecular complexity index is 682. The van der Waals surface area contributed by atoms with Crippen molar-refractivity contribution in [3.8, 4) is 5.75 Å². The number of nitrogens with one attached hydrogen (secondary N) is 1. The van der Waals surface area contributed by atoms with E-state index in [0.29, 0.717) is 12.3 Å². The summed E-state index contributed by atoms with van der Waals surface area (Å²) in [6.07, 6.45) is 6.53. The van der Waals surface area contributed by atoms with Crippen LogP contribution in [0.2, 0.25) is 0 Å². The summed E-state index contributed by atoms with van der Waals surface area (Å²) in [5.74, 6) is -0.177. The number of nitrogens with zero attached hydrogens (tertiary/aromatic N) is 1. The number of carbonyl (C=O) groups is 2. The van der Waals surface area contributed by atoms with Crippen molar-refractivity contribution in [1.82, 2.24) is 10.3 Å². The van der Waals surface area contributed by atoms with Crippen molar-refractivity contribution >= 4 is 17.9 Å². The molecule has 6 heteroatoms. The van der Waals surface area contributed by atoms with Gasteiger partial charge in [0.15, 0.2) is 6.61 Å². The van der Waals surface area contributed by atoms with Crippen LogP contribution in [0.15, 0.2) is 54.9 Å². The van der Waals surface area contributed by atoms with Gasteiger partial charge in [-0.1, -0.05) is 18.2 Å². The van der Waals surface area contributed by atoms with Crippen LogP contribution in [0.3, 0.4) is 0 Å². The summed E-state index contributed by atoms with van der Waals surface area (Å²) in [4.78, 5) is 26.3. The van der Waals surface area contributed by atoms with Crippen LogP contribution in [-0.2, 0) is 16.1 Å². The first kappa shape index (κ1) is 16.2. The maximum atomic E-state index is 11.7. The van der Waals surface area contributed by atoms with Gasteiger partial charge in [0.1, 0.15) is 5.75 Å². The molecule has 0 bridgehead atoms. The molecule has 0 atom stereocenters. The highest BCUT2D eigenvalue weighted by Gasteiger charge is 1.99. The zero-order valence-electron chi connectivity index (χ0n) is 12.4. The monoisotopic (exact) mass is 311 g/mol. The highest BCUT2D eigenvalue weighted by atomic mass is 16.5. The fraction of sp³-hybridized carbons (Fsp3) is 0.118. The number of benzene rings is 1. The van der Waals surface area contributed by atoms with Crippen LogP contribution in [0.25, 0.3) is 6.08 Å². The molecule has 1 aromatic heterocycles. The van der Waals surface area contributed by atoms with Gasteiger partial charge in [-0.05, 0) is 35.4 Å². The highest BCUT2D eigenvalue weighted by molar-refractivity contribution is 5.91. The van der Waals surface area contributed by atoms with Gasteiger partial charge in [0.25, 0.3) is 5.91 Å². The van der Waals surface area contributed by atoms with E-state index in [4.69, 9.17) is 10.5 Å². The van der Waals surface area contributed by atoms with E-state index in [1.54, 1.807) is 42.7 Å². The number of pyridine rings is 1. The number of nitrogens with two attached hydrogens (primary N) is 1. The Hall–Kier alpha value is -3.15. The van der Waals surface area contributed by atoms with E-state index in [0.717, 1.165) is 11.1 Å². The molecule has 118 valence electrons. The minimum absolute atomic E-state index is 0.161. The van der Waals surface area contributed by atoms with Crippen LogP contribution < -0.4 is 15.8 Å². The van der Waals surface area contributed by atoms with Gasteiger partial charge in [0.05, 0.1) is 0 Å². The molecule has 3 N–H and O–H groups in total. The van der Waals surface area contributed by atoms with Crippen LogP contribution in [0.4, 0.5) is 0 Å². The molecule has 1 heterocycles. The number of amides is 2. The van der Waals surface area contributed by atoms with Crippen LogP contribution in [-0.4, -0.2) is 23.4 Å². The number of hydrogen-bond donors (Lipinski definition) is 2. The van der Waals surface area contributed by atoms with Crippen LogP contribution in [0.5, 0.6) is 5.75 Å². The molecule has 0 aliphatic carbocycles. The summed E-state index contributed by atoms with van der Waals surface area (Å²) in [5.41, 5.74) is 6.77. The second kappa shape index (κ2) is 8.33. The highest BCUT2D eigenvalue weighted by Crippen LogP contribution is 2.13. The summed E-state index contributed by atoms with van der Waals surface area (Å²) in [7, 11) is 0. The summed E-state index contributed by atoms with van der Waals surface area (Å²) in [5, 5.41) is 2.77. The fourth-order valence-electron chi connectivity index (χ4n) is 1.75. The number of carbonyl (C=O) groups excluding carboxylic acids is 2. The largest absolute Gasteiger partial charge is 0.484 e. The Morgan fingerprint density at radius 2 is 2.00 bits per heavy atom. The summed E-state index contributed by atoms with van der Waals surface area (Å²) in [6.45, 7) is 0.267. The van der Waals surface area contributed by atoms with Crippen molar-refractivity contribution < 1.29 is 14.3 Å². The zero-order chi connectivity index (χ0) is 16.5. The Morgan fingerprint density at radius 1 is 1.22 bits per heavy atom. The number of hydrogen-bond acceptors (Lipinski definition) is 4. The van der Waals surface area contributed by atoms with Crippen molar-refractivity contribution in [2.75, 3.05) is 6.61 Å². The van der Waals surface area contributed by atoms with Crippen molar-refractivity contribution in [3.05, 3.63) is 66.0 Å². The molecule has 0 fully saturated rings. The lowest BCUT2D eigenvalue weighted by atomic mass is 10.2. The molecule has 2 aromatic rings. The van der Waals surface area contributed by atoms with Crippen LogP contribution >= 0.6 is 0 Å². The SMILES string of the molecule is NC(=O)COc1ccc(C=CC(=O)NCc2cccnc2)cc1.